The topological polar surface area (TPSA) is 3.24 Å². The van der Waals surface area contributed by atoms with Crippen molar-refractivity contribution in [2.24, 2.45) is 0 Å². The summed E-state index contributed by atoms with van der Waals surface area (Å²) >= 11 is 8.11. The van der Waals surface area contributed by atoms with E-state index in [9.17, 15) is 0 Å². The molecule has 1 aliphatic rings. The highest BCUT2D eigenvalue weighted by Crippen LogP contribution is 2.22. The maximum atomic E-state index is 6.17. The summed E-state index contributed by atoms with van der Waals surface area (Å²) in [7, 11) is 0. The second-order valence-corrected chi connectivity index (χ2v) is 6.07. The molecule has 1 saturated heterocycles. The van der Waals surface area contributed by atoms with Gasteiger partial charge >= 0.3 is 0 Å². The van der Waals surface area contributed by atoms with Gasteiger partial charge in [0, 0.05) is 28.2 Å². The SMILES string of the molecule is CCc1ccc(CN2CCCC(Cl)C2)s1. The van der Waals surface area contributed by atoms with Gasteiger partial charge in [0.05, 0.1) is 0 Å². The van der Waals surface area contributed by atoms with E-state index < -0.39 is 0 Å². The molecule has 0 aliphatic carbocycles. The van der Waals surface area contributed by atoms with Crippen molar-refractivity contribution in [1.29, 1.82) is 0 Å². The summed E-state index contributed by atoms with van der Waals surface area (Å²) in [5.74, 6) is 0. The Kier molecular flexibility index (Phi) is 4.06. The molecule has 0 aromatic carbocycles. The molecule has 0 radical (unpaired) electrons. The van der Waals surface area contributed by atoms with Crippen molar-refractivity contribution < 1.29 is 0 Å². The molecule has 1 nitrogen and oxygen atoms in total. The van der Waals surface area contributed by atoms with Gasteiger partial charge in [-0.2, -0.15) is 0 Å². The number of hydrogen-bond acceptors (Lipinski definition) is 2. The molecular formula is C12H18ClNS. The Balaban J connectivity index is 1.90. The molecule has 0 saturated carbocycles. The third kappa shape index (κ3) is 3.20. The lowest BCUT2D eigenvalue weighted by Crippen LogP contribution is -2.35. The molecular weight excluding hydrogens is 226 g/mol. The van der Waals surface area contributed by atoms with Crippen LogP contribution in [0.5, 0.6) is 0 Å². The van der Waals surface area contributed by atoms with Crippen LogP contribution in [0.15, 0.2) is 12.1 Å². The van der Waals surface area contributed by atoms with Crippen LogP contribution in [0.2, 0.25) is 0 Å². The zero-order valence-electron chi connectivity index (χ0n) is 9.21. The largest absolute Gasteiger partial charge is 0.297 e. The summed E-state index contributed by atoms with van der Waals surface area (Å²) in [5.41, 5.74) is 0. The average molecular weight is 244 g/mol. The number of halogens is 1. The van der Waals surface area contributed by atoms with E-state index in [4.69, 9.17) is 11.6 Å². The highest BCUT2D eigenvalue weighted by molar-refractivity contribution is 7.11. The summed E-state index contributed by atoms with van der Waals surface area (Å²) in [5, 5.41) is 0.365. The van der Waals surface area contributed by atoms with Crippen LogP contribution >= 0.6 is 22.9 Å². The Bertz CT molecular complexity index is 310. The summed E-state index contributed by atoms with van der Waals surface area (Å²) in [6, 6.07) is 4.52. The lowest BCUT2D eigenvalue weighted by atomic mass is 10.1. The second kappa shape index (κ2) is 5.33. The highest BCUT2D eigenvalue weighted by atomic mass is 35.5. The first-order valence-electron chi connectivity index (χ1n) is 5.72. The fourth-order valence-corrected chi connectivity index (χ4v) is 3.41. The monoisotopic (exact) mass is 243 g/mol. The molecule has 3 heteroatoms. The van der Waals surface area contributed by atoms with E-state index in [0.717, 1.165) is 19.5 Å². The lowest BCUT2D eigenvalue weighted by molar-refractivity contribution is 0.226. The number of alkyl halides is 1. The molecule has 1 unspecified atom stereocenters. The molecule has 0 N–H and O–H groups in total. The molecule has 1 aliphatic heterocycles. The van der Waals surface area contributed by atoms with Crippen LogP contribution < -0.4 is 0 Å². The number of aryl methyl sites for hydroxylation is 1. The number of rotatable bonds is 3. The minimum atomic E-state index is 0.365. The van der Waals surface area contributed by atoms with Crippen LogP contribution in [-0.2, 0) is 13.0 Å². The Hall–Kier alpha value is -0.0500. The molecule has 1 aromatic heterocycles. The third-order valence-electron chi connectivity index (χ3n) is 2.89. The first-order chi connectivity index (χ1) is 7.28. The van der Waals surface area contributed by atoms with E-state index in [2.05, 4.69) is 24.0 Å². The summed E-state index contributed by atoms with van der Waals surface area (Å²) in [6.07, 6.45) is 3.59. The van der Waals surface area contributed by atoms with Crippen molar-refractivity contribution in [2.75, 3.05) is 13.1 Å². The molecule has 0 spiro atoms. The van der Waals surface area contributed by atoms with Crippen LogP contribution in [0.1, 0.15) is 29.5 Å². The van der Waals surface area contributed by atoms with E-state index in [1.807, 2.05) is 11.3 Å². The van der Waals surface area contributed by atoms with Crippen LogP contribution in [0.25, 0.3) is 0 Å². The second-order valence-electron chi connectivity index (χ2n) is 4.20. The number of hydrogen-bond donors (Lipinski definition) is 0. The number of likely N-dealkylation sites (tertiary alicyclic amines) is 1. The van der Waals surface area contributed by atoms with Gasteiger partial charge in [-0.3, -0.25) is 4.90 Å². The standard InChI is InChI=1S/C12H18ClNS/c1-2-11-5-6-12(15-11)9-14-7-3-4-10(13)8-14/h5-6,10H,2-4,7-9H2,1H3. The van der Waals surface area contributed by atoms with E-state index in [1.165, 1.54) is 29.1 Å². The van der Waals surface area contributed by atoms with Crippen molar-refractivity contribution in [2.45, 2.75) is 38.1 Å². The van der Waals surface area contributed by atoms with Gasteiger partial charge in [-0.1, -0.05) is 6.92 Å². The van der Waals surface area contributed by atoms with E-state index in [1.54, 1.807) is 0 Å². The lowest BCUT2D eigenvalue weighted by Gasteiger charge is -2.29. The maximum Gasteiger partial charge on any atom is 0.0463 e. The first-order valence-corrected chi connectivity index (χ1v) is 6.97. The predicted molar refractivity (Wildman–Crippen MR) is 67.8 cm³/mol. The summed E-state index contributed by atoms with van der Waals surface area (Å²) in [4.78, 5) is 5.45. The first kappa shape index (κ1) is 11.4. The van der Waals surface area contributed by atoms with Crippen LogP contribution in [0, 0.1) is 0 Å². The van der Waals surface area contributed by atoms with Gasteiger partial charge in [-0.25, -0.2) is 0 Å². The minimum Gasteiger partial charge on any atom is -0.297 e. The zero-order chi connectivity index (χ0) is 10.7. The summed E-state index contributed by atoms with van der Waals surface area (Å²) in [6.45, 7) is 5.57. The van der Waals surface area contributed by atoms with Gasteiger partial charge in [0.15, 0.2) is 0 Å². The molecule has 84 valence electrons. The Morgan fingerprint density at radius 1 is 1.47 bits per heavy atom. The fourth-order valence-electron chi connectivity index (χ4n) is 2.06. The maximum absolute atomic E-state index is 6.17. The van der Waals surface area contributed by atoms with Gasteiger partial charge < -0.3 is 0 Å². The van der Waals surface area contributed by atoms with Crippen LogP contribution in [-0.4, -0.2) is 23.4 Å². The highest BCUT2D eigenvalue weighted by Gasteiger charge is 2.18. The Morgan fingerprint density at radius 2 is 2.27 bits per heavy atom. The summed E-state index contributed by atoms with van der Waals surface area (Å²) < 4.78 is 0. The van der Waals surface area contributed by atoms with E-state index in [0.29, 0.717) is 5.38 Å². The van der Waals surface area contributed by atoms with Crippen molar-refractivity contribution in [3.8, 4) is 0 Å². The van der Waals surface area contributed by atoms with Gasteiger partial charge in [0.2, 0.25) is 0 Å². The average Bonchev–Trinajstić information content (AvgIpc) is 2.65. The van der Waals surface area contributed by atoms with Crippen molar-refractivity contribution in [3.63, 3.8) is 0 Å². The normalized spacial score (nSPS) is 23.2. The molecule has 1 atom stereocenters. The smallest absolute Gasteiger partial charge is 0.0463 e. The molecule has 1 fully saturated rings. The molecule has 0 amide bonds. The van der Waals surface area contributed by atoms with Crippen molar-refractivity contribution in [3.05, 3.63) is 21.9 Å². The van der Waals surface area contributed by atoms with Gasteiger partial charge in [0.25, 0.3) is 0 Å². The van der Waals surface area contributed by atoms with Gasteiger partial charge in [0.1, 0.15) is 0 Å². The zero-order valence-corrected chi connectivity index (χ0v) is 10.8. The molecule has 0 bridgehead atoms. The van der Waals surface area contributed by atoms with Crippen LogP contribution in [0.3, 0.4) is 0 Å². The number of piperidine rings is 1. The number of thiophene rings is 1. The quantitative estimate of drug-likeness (QED) is 0.735. The molecule has 2 rings (SSSR count). The van der Waals surface area contributed by atoms with Crippen molar-refractivity contribution in [1.82, 2.24) is 4.90 Å². The van der Waals surface area contributed by atoms with Gasteiger partial charge in [-0.15, -0.1) is 22.9 Å². The molecule has 2 heterocycles. The molecule has 1 aromatic rings. The predicted octanol–water partition coefficient (Wildman–Crippen LogP) is 3.51. The third-order valence-corrected chi connectivity index (χ3v) is 4.46. The number of nitrogens with zero attached hydrogens (tertiary/aromatic N) is 1. The van der Waals surface area contributed by atoms with Gasteiger partial charge in [-0.05, 0) is 37.9 Å². The Morgan fingerprint density at radius 3 is 2.93 bits per heavy atom. The van der Waals surface area contributed by atoms with E-state index >= 15 is 0 Å². The molecule has 15 heavy (non-hydrogen) atoms. The van der Waals surface area contributed by atoms with Crippen LogP contribution in [0.4, 0.5) is 0 Å². The minimum absolute atomic E-state index is 0.365. The fraction of sp³-hybridized carbons (Fsp3) is 0.667. The Labute approximate surface area is 101 Å². The van der Waals surface area contributed by atoms with E-state index in [-0.39, 0.29) is 0 Å². The van der Waals surface area contributed by atoms with Crippen molar-refractivity contribution >= 4 is 22.9 Å².